The van der Waals surface area contributed by atoms with E-state index in [1.54, 1.807) is 32.2 Å². The van der Waals surface area contributed by atoms with Crippen LogP contribution in [0.25, 0.3) is 27.5 Å². The molecule has 2 atom stereocenters. The van der Waals surface area contributed by atoms with Crippen molar-refractivity contribution in [3.8, 4) is 5.69 Å². The van der Waals surface area contributed by atoms with Gasteiger partial charge < -0.3 is 19.1 Å². The number of aliphatic carboxylic acids is 1. The molecule has 2 aliphatic rings. The van der Waals surface area contributed by atoms with Crippen LogP contribution < -0.4 is 0 Å². The van der Waals surface area contributed by atoms with Gasteiger partial charge in [-0.3, -0.25) is 5.10 Å². The monoisotopic (exact) mass is 509 g/mol. The topological polar surface area (TPSA) is 89.4 Å². The van der Waals surface area contributed by atoms with E-state index in [0.29, 0.717) is 53.4 Å². The van der Waals surface area contributed by atoms with Crippen LogP contribution in [0.1, 0.15) is 61.3 Å². The van der Waals surface area contributed by atoms with Gasteiger partial charge in [0.15, 0.2) is 11.4 Å². The predicted molar refractivity (Wildman–Crippen MR) is 134 cm³/mol. The van der Waals surface area contributed by atoms with Crippen molar-refractivity contribution in [2.75, 3.05) is 19.8 Å². The summed E-state index contributed by atoms with van der Waals surface area (Å²) < 4.78 is 44.2. The Morgan fingerprint density at radius 2 is 1.97 bits per heavy atom. The normalized spacial score (nSPS) is 23.2. The van der Waals surface area contributed by atoms with E-state index in [0.717, 1.165) is 29.8 Å². The number of carbonyl (C=O) groups is 1. The van der Waals surface area contributed by atoms with Gasteiger partial charge in [0.25, 0.3) is 0 Å². The van der Waals surface area contributed by atoms with Gasteiger partial charge >= 0.3 is 5.97 Å². The third kappa shape index (κ3) is 3.83. The molecule has 2 aliphatic heterocycles. The summed E-state index contributed by atoms with van der Waals surface area (Å²) in [5, 5.41) is 17.6. The van der Waals surface area contributed by atoms with Crippen molar-refractivity contribution in [3.05, 3.63) is 58.9 Å². The van der Waals surface area contributed by atoms with Gasteiger partial charge in [-0.05, 0) is 74.9 Å². The Hall–Kier alpha value is -3.30. The van der Waals surface area contributed by atoms with E-state index < -0.39 is 17.4 Å². The Balaban J connectivity index is 1.65. The van der Waals surface area contributed by atoms with Crippen LogP contribution in [0.5, 0.6) is 0 Å². The van der Waals surface area contributed by atoms with Gasteiger partial charge in [0, 0.05) is 47.2 Å². The molecule has 7 nitrogen and oxygen atoms in total. The number of aromatic nitrogens is 3. The number of hydrogen-bond donors (Lipinski definition) is 2. The van der Waals surface area contributed by atoms with Gasteiger partial charge in [-0.2, -0.15) is 5.10 Å². The van der Waals surface area contributed by atoms with Crippen molar-refractivity contribution in [2.24, 2.45) is 0 Å². The van der Waals surface area contributed by atoms with Gasteiger partial charge in [-0.15, -0.1) is 0 Å². The van der Waals surface area contributed by atoms with E-state index in [1.165, 1.54) is 6.07 Å². The fourth-order valence-electron chi connectivity index (χ4n) is 5.97. The number of benzene rings is 2. The van der Waals surface area contributed by atoms with Gasteiger partial charge in [-0.25, -0.2) is 13.6 Å². The Labute approximate surface area is 212 Å². The van der Waals surface area contributed by atoms with E-state index in [9.17, 15) is 14.3 Å². The molecule has 0 radical (unpaired) electrons. The first-order valence-electron chi connectivity index (χ1n) is 12.7. The summed E-state index contributed by atoms with van der Waals surface area (Å²) in [6.45, 7) is 4.67. The van der Waals surface area contributed by atoms with E-state index in [1.807, 2.05) is 6.07 Å². The highest BCUT2D eigenvalue weighted by atomic mass is 19.1. The van der Waals surface area contributed by atoms with Crippen LogP contribution in [0.15, 0.2) is 30.5 Å². The zero-order valence-electron chi connectivity index (χ0n) is 20.8. The standard InChI is InChI=1S/C28H29F2N3O4/c1-15-11-19(3-4-20(15)29)33-21-12-18-13-31-32-25(18)24(30)23(21)22(26(33)16-6-9-36-10-7-16)17-5-8-28(2,27(34)35)37-14-17/h3-4,11-13,16-17H,5-10,14H2,1-2H3,(H,31,32)(H,34,35)/t17-,28+/m0/s1. The number of carboxylic acids is 1. The lowest BCUT2D eigenvalue weighted by molar-refractivity contribution is -0.170. The number of carboxylic acid groups (broad SMARTS) is 1. The van der Waals surface area contributed by atoms with Crippen LogP contribution in [0.3, 0.4) is 0 Å². The highest BCUT2D eigenvalue weighted by molar-refractivity contribution is 6.00. The molecule has 0 unspecified atom stereocenters. The molecule has 2 saturated heterocycles. The van der Waals surface area contributed by atoms with Gasteiger partial charge in [-0.1, -0.05) is 0 Å². The van der Waals surface area contributed by atoms with Crippen molar-refractivity contribution < 1.29 is 28.2 Å². The quantitative estimate of drug-likeness (QED) is 0.367. The van der Waals surface area contributed by atoms with Crippen LogP contribution >= 0.6 is 0 Å². The first-order chi connectivity index (χ1) is 17.8. The van der Waals surface area contributed by atoms with Gasteiger partial charge in [0.05, 0.1) is 18.3 Å². The molecule has 4 heterocycles. The summed E-state index contributed by atoms with van der Waals surface area (Å²) in [7, 11) is 0. The minimum Gasteiger partial charge on any atom is -0.479 e. The number of rotatable bonds is 4. The average molecular weight is 510 g/mol. The fourth-order valence-corrected chi connectivity index (χ4v) is 5.97. The van der Waals surface area contributed by atoms with Crippen molar-refractivity contribution in [1.82, 2.24) is 14.8 Å². The summed E-state index contributed by atoms with van der Waals surface area (Å²) in [4.78, 5) is 11.8. The second-order valence-electron chi connectivity index (χ2n) is 10.5. The number of aryl methyl sites for hydroxylation is 1. The molecule has 2 fully saturated rings. The zero-order valence-corrected chi connectivity index (χ0v) is 20.8. The molecule has 2 N–H and O–H groups in total. The number of fused-ring (bicyclic) bond motifs is 2. The maximum absolute atomic E-state index is 16.3. The van der Waals surface area contributed by atoms with Crippen molar-refractivity contribution in [3.63, 3.8) is 0 Å². The Kier molecular flexibility index (Phi) is 5.80. The minimum atomic E-state index is -1.27. The highest BCUT2D eigenvalue weighted by Gasteiger charge is 2.42. The number of ether oxygens (including phenoxy) is 2. The molecule has 0 saturated carbocycles. The fraction of sp³-hybridized carbons (Fsp3) is 0.429. The van der Waals surface area contributed by atoms with Crippen LogP contribution in [0.2, 0.25) is 0 Å². The zero-order chi connectivity index (χ0) is 25.9. The molecule has 0 spiro atoms. The number of aromatic amines is 1. The molecule has 0 aliphatic carbocycles. The number of H-pyrrole nitrogens is 1. The Morgan fingerprint density at radius 3 is 2.65 bits per heavy atom. The predicted octanol–water partition coefficient (Wildman–Crippen LogP) is 5.72. The maximum atomic E-state index is 16.3. The number of nitrogens with zero attached hydrogens (tertiary/aromatic N) is 2. The first kappa shape index (κ1) is 24.1. The molecule has 37 heavy (non-hydrogen) atoms. The van der Waals surface area contributed by atoms with Crippen molar-refractivity contribution in [1.29, 1.82) is 0 Å². The molecule has 9 heteroatoms. The Morgan fingerprint density at radius 1 is 1.19 bits per heavy atom. The first-order valence-corrected chi connectivity index (χ1v) is 12.7. The van der Waals surface area contributed by atoms with Gasteiger partial charge in [0.2, 0.25) is 0 Å². The lowest BCUT2D eigenvalue weighted by Crippen LogP contribution is -2.43. The molecular formula is C28H29F2N3O4. The van der Waals surface area contributed by atoms with Crippen LogP contribution in [0, 0.1) is 18.6 Å². The van der Waals surface area contributed by atoms with E-state index in [4.69, 9.17) is 9.47 Å². The SMILES string of the molecule is Cc1cc(-n2c(C3CCOCC3)c([C@H]3CC[C@](C)(C(=O)O)OC3)c3c(F)c4[nH]ncc4cc32)ccc1F. The molecular weight excluding hydrogens is 480 g/mol. The van der Waals surface area contributed by atoms with E-state index in [2.05, 4.69) is 14.8 Å². The summed E-state index contributed by atoms with van der Waals surface area (Å²) >= 11 is 0. The lowest BCUT2D eigenvalue weighted by atomic mass is 9.81. The van der Waals surface area contributed by atoms with Crippen molar-refractivity contribution >= 4 is 27.8 Å². The average Bonchev–Trinajstić information content (AvgIpc) is 3.50. The molecule has 194 valence electrons. The lowest BCUT2D eigenvalue weighted by Gasteiger charge is -2.35. The third-order valence-corrected chi connectivity index (χ3v) is 8.12. The molecule has 4 aromatic rings. The Bertz CT molecular complexity index is 1510. The maximum Gasteiger partial charge on any atom is 0.335 e. The molecule has 0 amide bonds. The van der Waals surface area contributed by atoms with Crippen LogP contribution in [-0.4, -0.2) is 51.3 Å². The smallest absolute Gasteiger partial charge is 0.335 e. The number of hydrogen-bond acceptors (Lipinski definition) is 4. The largest absolute Gasteiger partial charge is 0.479 e. The second kappa shape index (κ2) is 8.92. The summed E-state index contributed by atoms with van der Waals surface area (Å²) in [6, 6.07) is 6.88. The number of halogens is 2. The molecule has 0 bridgehead atoms. The molecule has 2 aromatic heterocycles. The summed E-state index contributed by atoms with van der Waals surface area (Å²) in [5.41, 5.74) is 2.80. The molecule has 2 aromatic carbocycles. The third-order valence-electron chi connectivity index (χ3n) is 8.12. The minimum absolute atomic E-state index is 0.0881. The second-order valence-corrected chi connectivity index (χ2v) is 10.5. The highest BCUT2D eigenvalue weighted by Crippen LogP contribution is 2.47. The molecule has 6 rings (SSSR count). The van der Waals surface area contributed by atoms with Gasteiger partial charge in [0.1, 0.15) is 11.3 Å². The van der Waals surface area contributed by atoms with Crippen LogP contribution in [-0.2, 0) is 14.3 Å². The summed E-state index contributed by atoms with van der Waals surface area (Å²) in [5.74, 6) is -1.80. The summed E-state index contributed by atoms with van der Waals surface area (Å²) in [6.07, 6.45) is 3.99. The number of nitrogens with one attached hydrogen (secondary N) is 1. The van der Waals surface area contributed by atoms with Crippen molar-refractivity contribution in [2.45, 2.75) is 57.0 Å². The van der Waals surface area contributed by atoms with E-state index >= 15 is 4.39 Å². The van der Waals surface area contributed by atoms with Crippen LogP contribution in [0.4, 0.5) is 8.78 Å². The van der Waals surface area contributed by atoms with E-state index in [-0.39, 0.29) is 24.3 Å².